The molecule has 100 valence electrons. The highest BCUT2D eigenvalue weighted by atomic mass is 15.3. The molecule has 0 atom stereocenters. The Bertz CT molecular complexity index is 886. The zero-order valence-electron chi connectivity index (χ0n) is 11.0. The number of hydrogen-bond acceptors (Lipinski definition) is 5. The summed E-state index contributed by atoms with van der Waals surface area (Å²) in [6.07, 6.45) is 6.90. The molecule has 6 heteroatoms. The summed E-state index contributed by atoms with van der Waals surface area (Å²) in [5.74, 6) is 1.17. The van der Waals surface area contributed by atoms with E-state index in [2.05, 4.69) is 25.0 Å². The normalized spacial score (nSPS) is 10.9. The van der Waals surface area contributed by atoms with E-state index in [1.54, 1.807) is 29.3 Å². The van der Waals surface area contributed by atoms with Gasteiger partial charge in [0.25, 0.3) is 5.78 Å². The van der Waals surface area contributed by atoms with Crippen molar-refractivity contribution in [2.45, 2.75) is 0 Å². The van der Waals surface area contributed by atoms with E-state index in [1.807, 2.05) is 36.4 Å². The second-order valence-electron chi connectivity index (χ2n) is 4.43. The summed E-state index contributed by atoms with van der Waals surface area (Å²) in [7, 11) is 0. The van der Waals surface area contributed by atoms with Crippen LogP contribution < -0.4 is 0 Å². The van der Waals surface area contributed by atoms with Gasteiger partial charge in [-0.1, -0.05) is 6.07 Å². The summed E-state index contributed by atoms with van der Waals surface area (Å²) in [6, 6.07) is 11.4. The smallest absolute Gasteiger partial charge is 0.253 e. The maximum Gasteiger partial charge on any atom is 0.253 e. The lowest BCUT2D eigenvalue weighted by molar-refractivity contribution is 0.944. The Morgan fingerprint density at radius 3 is 2.52 bits per heavy atom. The van der Waals surface area contributed by atoms with Crippen LogP contribution in [0.5, 0.6) is 0 Å². The summed E-state index contributed by atoms with van der Waals surface area (Å²) in [6.45, 7) is 0. The first-order valence-corrected chi connectivity index (χ1v) is 6.45. The maximum absolute atomic E-state index is 4.53. The monoisotopic (exact) mass is 274 g/mol. The van der Waals surface area contributed by atoms with Gasteiger partial charge in [-0.2, -0.15) is 9.50 Å². The first-order chi connectivity index (χ1) is 10.4. The predicted molar refractivity (Wildman–Crippen MR) is 77.2 cm³/mol. The third-order valence-corrected chi connectivity index (χ3v) is 3.11. The Balaban J connectivity index is 1.93. The van der Waals surface area contributed by atoms with E-state index in [0.29, 0.717) is 11.6 Å². The van der Waals surface area contributed by atoms with Gasteiger partial charge >= 0.3 is 0 Å². The molecule has 0 amide bonds. The molecule has 6 nitrogen and oxygen atoms in total. The fourth-order valence-electron chi connectivity index (χ4n) is 2.13. The SMILES string of the molecule is c1ccc(-c2ccnc3nc(-c4ccncc4)nn23)nc1. The van der Waals surface area contributed by atoms with Gasteiger partial charge in [-0.3, -0.25) is 9.97 Å². The molecule has 4 rings (SSSR count). The van der Waals surface area contributed by atoms with Crippen LogP contribution in [0.2, 0.25) is 0 Å². The standard InChI is InChI=1S/C15H10N6/c1-2-7-17-12(3-1)13-6-10-18-15-19-14(20-21(13)15)11-4-8-16-9-5-11/h1-10H. The van der Waals surface area contributed by atoms with Crippen molar-refractivity contribution in [3.8, 4) is 22.8 Å². The molecule has 0 saturated carbocycles. The topological polar surface area (TPSA) is 68.9 Å². The molecule has 21 heavy (non-hydrogen) atoms. The van der Waals surface area contributed by atoms with Gasteiger partial charge in [0.05, 0.1) is 11.4 Å². The van der Waals surface area contributed by atoms with Gasteiger partial charge in [-0.25, -0.2) is 4.98 Å². The van der Waals surface area contributed by atoms with Crippen molar-refractivity contribution in [1.29, 1.82) is 0 Å². The van der Waals surface area contributed by atoms with Crippen molar-refractivity contribution in [1.82, 2.24) is 29.5 Å². The molecule has 0 aliphatic carbocycles. The minimum atomic E-state index is 0.546. The Hall–Kier alpha value is -3.15. The van der Waals surface area contributed by atoms with Crippen LogP contribution in [0.4, 0.5) is 0 Å². The molecule has 0 aliphatic rings. The summed E-state index contributed by atoms with van der Waals surface area (Å²) < 4.78 is 1.71. The first kappa shape index (κ1) is 11.7. The highest BCUT2D eigenvalue weighted by Crippen LogP contribution is 2.19. The van der Waals surface area contributed by atoms with E-state index in [4.69, 9.17) is 0 Å². The van der Waals surface area contributed by atoms with E-state index < -0.39 is 0 Å². The first-order valence-electron chi connectivity index (χ1n) is 6.45. The van der Waals surface area contributed by atoms with Crippen LogP contribution in [0.25, 0.3) is 28.6 Å². The number of pyridine rings is 2. The molecular weight excluding hydrogens is 264 g/mol. The fourth-order valence-corrected chi connectivity index (χ4v) is 2.13. The molecule has 0 bridgehead atoms. The highest BCUT2D eigenvalue weighted by molar-refractivity contribution is 5.60. The van der Waals surface area contributed by atoms with E-state index in [0.717, 1.165) is 17.0 Å². The lowest BCUT2D eigenvalue weighted by Gasteiger charge is -2.01. The molecule has 4 aromatic heterocycles. The lowest BCUT2D eigenvalue weighted by Crippen LogP contribution is -1.97. The Morgan fingerprint density at radius 1 is 0.810 bits per heavy atom. The summed E-state index contributed by atoms with van der Waals surface area (Å²) in [5.41, 5.74) is 2.59. The van der Waals surface area contributed by atoms with E-state index in [1.165, 1.54) is 0 Å². The summed E-state index contributed by atoms with van der Waals surface area (Å²) in [5, 5.41) is 4.53. The molecule has 4 heterocycles. The number of hydrogen-bond donors (Lipinski definition) is 0. The van der Waals surface area contributed by atoms with Gasteiger partial charge < -0.3 is 0 Å². The minimum absolute atomic E-state index is 0.546. The van der Waals surface area contributed by atoms with Gasteiger partial charge in [0.1, 0.15) is 0 Å². The van der Waals surface area contributed by atoms with Crippen LogP contribution in [0.1, 0.15) is 0 Å². The summed E-state index contributed by atoms with van der Waals surface area (Å²) in [4.78, 5) is 17.1. The minimum Gasteiger partial charge on any atom is -0.265 e. The molecule has 0 fully saturated rings. The zero-order chi connectivity index (χ0) is 14.1. The predicted octanol–water partition coefficient (Wildman–Crippen LogP) is 2.25. The third kappa shape index (κ3) is 2.02. The largest absolute Gasteiger partial charge is 0.265 e. The van der Waals surface area contributed by atoms with Gasteiger partial charge in [0.2, 0.25) is 0 Å². The average Bonchev–Trinajstić information content (AvgIpc) is 3.00. The molecule has 0 unspecified atom stereocenters. The molecule has 4 aromatic rings. The number of nitrogens with zero attached hydrogens (tertiary/aromatic N) is 6. The number of fused-ring (bicyclic) bond motifs is 1. The van der Waals surface area contributed by atoms with Crippen LogP contribution in [-0.4, -0.2) is 29.5 Å². The van der Waals surface area contributed by atoms with Gasteiger partial charge in [-0.05, 0) is 30.3 Å². The van der Waals surface area contributed by atoms with Gasteiger partial charge in [-0.15, -0.1) is 5.10 Å². The van der Waals surface area contributed by atoms with Crippen molar-refractivity contribution in [2.75, 3.05) is 0 Å². The molecule has 0 spiro atoms. The van der Waals surface area contributed by atoms with Crippen molar-refractivity contribution < 1.29 is 0 Å². The van der Waals surface area contributed by atoms with Crippen LogP contribution in [0.15, 0.2) is 61.2 Å². The van der Waals surface area contributed by atoms with Crippen LogP contribution >= 0.6 is 0 Å². The number of aromatic nitrogens is 6. The number of rotatable bonds is 2. The van der Waals surface area contributed by atoms with E-state index >= 15 is 0 Å². The van der Waals surface area contributed by atoms with Crippen molar-refractivity contribution >= 4 is 5.78 Å². The third-order valence-electron chi connectivity index (χ3n) is 3.11. The second kappa shape index (κ2) is 4.75. The Labute approximate surface area is 120 Å². The fraction of sp³-hybridized carbons (Fsp3) is 0. The van der Waals surface area contributed by atoms with Gasteiger partial charge in [0.15, 0.2) is 5.82 Å². The molecule has 0 saturated heterocycles. The van der Waals surface area contributed by atoms with Crippen LogP contribution in [0, 0.1) is 0 Å². The molecule has 0 aromatic carbocycles. The lowest BCUT2D eigenvalue weighted by atomic mass is 10.2. The quantitative estimate of drug-likeness (QED) is 0.560. The highest BCUT2D eigenvalue weighted by Gasteiger charge is 2.11. The molecular formula is C15H10N6. The van der Waals surface area contributed by atoms with Crippen molar-refractivity contribution in [3.63, 3.8) is 0 Å². The average molecular weight is 274 g/mol. The summed E-state index contributed by atoms with van der Waals surface area (Å²) >= 11 is 0. The van der Waals surface area contributed by atoms with E-state index in [9.17, 15) is 0 Å². The maximum atomic E-state index is 4.53. The Kier molecular flexibility index (Phi) is 2.64. The molecule has 0 aliphatic heterocycles. The zero-order valence-corrected chi connectivity index (χ0v) is 11.0. The Morgan fingerprint density at radius 2 is 1.71 bits per heavy atom. The van der Waals surface area contributed by atoms with Crippen molar-refractivity contribution in [2.24, 2.45) is 0 Å². The molecule has 0 N–H and O–H groups in total. The van der Waals surface area contributed by atoms with Crippen LogP contribution in [-0.2, 0) is 0 Å². The van der Waals surface area contributed by atoms with Gasteiger partial charge in [0, 0.05) is 30.4 Å². The van der Waals surface area contributed by atoms with Crippen molar-refractivity contribution in [3.05, 3.63) is 61.2 Å². The molecule has 0 radical (unpaired) electrons. The van der Waals surface area contributed by atoms with Crippen LogP contribution in [0.3, 0.4) is 0 Å². The van der Waals surface area contributed by atoms with E-state index in [-0.39, 0.29) is 0 Å². The second-order valence-corrected chi connectivity index (χ2v) is 4.43.